The molecular formula is C17H22N2O. The van der Waals surface area contributed by atoms with Crippen molar-refractivity contribution in [2.24, 2.45) is 0 Å². The molecule has 0 spiro atoms. The summed E-state index contributed by atoms with van der Waals surface area (Å²) in [6.07, 6.45) is 0. The van der Waals surface area contributed by atoms with Gasteiger partial charge in [-0.3, -0.25) is 4.90 Å². The van der Waals surface area contributed by atoms with Crippen molar-refractivity contribution >= 4 is 10.8 Å². The average Bonchev–Trinajstić information content (AvgIpc) is 2.52. The van der Waals surface area contributed by atoms with Gasteiger partial charge in [-0.05, 0) is 28.8 Å². The number of aliphatic hydroxyl groups excluding tert-OH is 1. The van der Waals surface area contributed by atoms with E-state index in [0.717, 1.165) is 26.2 Å². The van der Waals surface area contributed by atoms with Crippen LogP contribution in [0.2, 0.25) is 0 Å². The van der Waals surface area contributed by atoms with Crippen molar-refractivity contribution in [1.29, 1.82) is 0 Å². The first-order valence-corrected chi connectivity index (χ1v) is 7.35. The van der Waals surface area contributed by atoms with Gasteiger partial charge in [0.1, 0.15) is 0 Å². The molecule has 0 aromatic heterocycles. The van der Waals surface area contributed by atoms with E-state index in [-0.39, 0.29) is 12.6 Å². The highest BCUT2D eigenvalue weighted by atomic mass is 16.3. The fraction of sp³-hybridized carbons (Fsp3) is 0.412. The quantitative estimate of drug-likeness (QED) is 0.896. The predicted octanol–water partition coefficient (Wildman–Crippen LogP) is 2.09. The fourth-order valence-corrected chi connectivity index (χ4v) is 3.17. The zero-order chi connectivity index (χ0) is 13.9. The lowest BCUT2D eigenvalue weighted by Crippen LogP contribution is -2.46. The minimum absolute atomic E-state index is 0.0996. The minimum Gasteiger partial charge on any atom is -0.394 e. The molecule has 106 valence electrons. The Morgan fingerprint density at radius 3 is 2.50 bits per heavy atom. The Labute approximate surface area is 120 Å². The summed E-state index contributed by atoms with van der Waals surface area (Å²) < 4.78 is 0. The predicted molar refractivity (Wildman–Crippen MR) is 83.0 cm³/mol. The van der Waals surface area contributed by atoms with Gasteiger partial charge in [0.15, 0.2) is 0 Å². The van der Waals surface area contributed by atoms with Crippen LogP contribution >= 0.6 is 0 Å². The molecule has 20 heavy (non-hydrogen) atoms. The topological polar surface area (TPSA) is 35.5 Å². The van der Waals surface area contributed by atoms with Gasteiger partial charge < -0.3 is 10.4 Å². The normalized spacial score (nSPS) is 18.3. The number of fused-ring (bicyclic) bond motifs is 1. The van der Waals surface area contributed by atoms with Gasteiger partial charge in [0.2, 0.25) is 0 Å². The van der Waals surface area contributed by atoms with Crippen LogP contribution in [0.25, 0.3) is 10.8 Å². The first-order valence-electron chi connectivity index (χ1n) is 7.35. The monoisotopic (exact) mass is 270 g/mol. The maximum absolute atomic E-state index is 9.90. The molecule has 3 rings (SSSR count). The summed E-state index contributed by atoms with van der Waals surface area (Å²) in [6, 6.07) is 12.9. The third-order valence-corrected chi connectivity index (χ3v) is 4.30. The number of benzene rings is 2. The molecule has 3 heteroatoms. The summed E-state index contributed by atoms with van der Waals surface area (Å²) >= 11 is 0. The van der Waals surface area contributed by atoms with Gasteiger partial charge >= 0.3 is 0 Å². The molecule has 0 unspecified atom stereocenters. The lowest BCUT2D eigenvalue weighted by Gasteiger charge is -2.34. The molecule has 0 aliphatic carbocycles. The molecule has 1 aliphatic rings. The van der Waals surface area contributed by atoms with Crippen molar-refractivity contribution in [2.45, 2.75) is 13.0 Å². The van der Waals surface area contributed by atoms with Crippen LogP contribution in [0, 0.1) is 6.92 Å². The highest BCUT2D eigenvalue weighted by molar-refractivity contribution is 5.88. The molecule has 1 atom stereocenters. The van der Waals surface area contributed by atoms with E-state index in [4.69, 9.17) is 0 Å². The van der Waals surface area contributed by atoms with E-state index >= 15 is 0 Å². The summed E-state index contributed by atoms with van der Waals surface area (Å²) in [5, 5.41) is 15.8. The highest BCUT2D eigenvalue weighted by Crippen LogP contribution is 2.30. The smallest absolute Gasteiger partial charge is 0.0628 e. The Balaban J connectivity index is 2.05. The second kappa shape index (κ2) is 5.92. The average molecular weight is 270 g/mol. The molecule has 2 N–H and O–H groups in total. The zero-order valence-corrected chi connectivity index (χ0v) is 12.0. The summed E-state index contributed by atoms with van der Waals surface area (Å²) in [5.74, 6) is 0. The van der Waals surface area contributed by atoms with Gasteiger partial charge in [-0.15, -0.1) is 0 Å². The molecule has 3 nitrogen and oxygen atoms in total. The second-order valence-electron chi connectivity index (χ2n) is 5.50. The van der Waals surface area contributed by atoms with Crippen LogP contribution in [-0.2, 0) is 0 Å². The highest BCUT2D eigenvalue weighted by Gasteiger charge is 2.23. The Hall–Kier alpha value is -1.42. The van der Waals surface area contributed by atoms with Gasteiger partial charge in [0, 0.05) is 26.2 Å². The van der Waals surface area contributed by atoms with Gasteiger partial charge in [0.05, 0.1) is 12.6 Å². The number of aliphatic hydroxyl groups is 1. The molecule has 1 heterocycles. The number of hydrogen-bond donors (Lipinski definition) is 2. The molecule has 1 aliphatic heterocycles. The van der Waals surface area contributed by atoms with Crippen LogP contribution in [0.1, 0.15) is 17.2 Å². The van der Waals surface area contributed by atoms with Crippen LogP contribution in [0.5, 0.6) is 0 Å². The maximum atomic E-state index is 9.90. The molecule has 1 fully saturated rings. The van der Waals surface area contributed by atoms with Crippen LogP contribution < -0.4 is 5.32 Å². The van der Waals surface area contributed by atoms with Crippen molar-refractivity contribution in [2.75, 3.05) is 32.8 Å². The van der Waals surface area contributed by atoms with Crippen molar-refractivity contribution in [3.63, 3.8) is 0 Å². The van der Waals surface area contributed by atoms with Gasteiger partial charge in [-0.2, -0.15) is 0 Å². The molecule has 2 aromatic carbocycles. The molecule has 0 saturated carbocycles. The Bertz CT molecular complexity index is 591. The summed E-state index contributed by atoms with van der Waals surface area (Å²) in [7, 11) is 0. The van der Waals surface area contributed by atoms with E-state index in [0.29, 0.717) is 0 Å². The lowest BCUT2D eigenvalue weighted by atomic mass is 9.95. The van der Waals surface area contributed by atoms with E-state index in [1.165, 1.54) is 21.9 Å². The third kappa shape index (κ3) is 2.44. The molecule has 2 aromatic rings. The molecule has 1 saturated heterocycles. The van der Waals surface area contributed by atoms with Crippen molar-refractivity contribution in [3.8, 4) is 0 Å². The van der Waals surface area contributed by atoms with E-state index in [2.05, 4.69) is 53.5 Å². The minimum atomic E-state index is 0.0996. The van der Waals surface area contributed by atoms with Crippen molar-refractivity contribution in [3.05, 3.63) is 47.5 Å². The molecule has 0 radical (unpaired) electrons. The standard InChI is InChI=1S/C17H22N2O/c1-13-6-7-16(15-5-3-2-4-14(13)15)17(12-20)19-10-8-18-9-11-19/h2-7,17-18,20H,8-12H2,1H3/t17-/m0/s1. The lowest BCUT2D eigenvalue weighted by molar-refractivity contribution is 0.111. The summed E-state index contributed by atoms with van der Waals surface area (Å²) in [4.78, 5) is 2.38. The third-order valence-electron chi connectivity index (χ3n) is 4.30. The van der Waals surface area contributed by atoms with Gasteiger partial charge in [-0.1, -0.05) is 36.4 Å². The second-order valence-corrected chi connectivity index (χ2v) is 5.50. The summed E-state index contributed by atoms with van der Waals surface area (Å²) in [6.45, 7) is 6.30. The number of nitrogens with one attached hydrogen (secondary N) is 1. The van der Waals surface area contributed by atoms with Crippen LogP contribution in [-0.4, -0.2) is 42.8 Å². The van der Waals surface area contributed by atoms with Crippen molar-refractivity contribution < 1.29 is 5.11 Å². The number of nitrogens with zero attached hydrogens (tertiary/aromatic N) is 1. The molecule has 0 amide bonds. The SMILES string of the molecule is Cc1ccc([C@H](CO)N2CCNCC2)c2ccccc12. The molecular weight excluding hydrogens is 248 g/mol. The number of aryl methyl sites for hydroxylation is 1. The number of hydrogen-bond acceptors (Lipinski definition) is 3. The number of piperazine rings is 1. The Morgan fingerprint density at radius 1 is 1.10 bits per heavy atom. The number of rotatable bonds is 3. The zero-order valence-electron chi connectivity index (χ0n) is 12.0. The van der Waals surface area contributed by atoms with E-state index < -0.39 is 0 Å². The largest absolute Gasteiger partial charge is 0.394 e. The van der Waals surface area contributed by atoms with E-state index in [1.807, 2.05) is 0 Å². The van der Waals surface area contributed by atoms with Crippen LogP contribution in [0.3, 0.4) is 0 Å². The Kier molecular flexibility index (Phi) is 4.01. The van der Waals surface area contributed by atoms with Crippen LogP contribution in [0.4, 0.5) is 0 Å². The fourth-order valence-electron chi connectivity index (χ4n) is 3.17. The van der Waals surface area contributed by atoms with Gasteiger partial charge in [0.25, 0.3) is 0 Å². The van der Waals surface area contributed by atoms with Crippen molar-refractivity contribution in [1.82, 2.24) is 10.2 Å². The first kappa shape index (κ1) is 13.6. The molecule has 0 bridgehead atoms. The Morgan fingerprint density at radius 2 is 1.80 bits per heavy atom. The van der Waals surface area contributed by atoms with E-state index in [9.17, 15) is 5.11 Å². The van der Waals surface area contributed by atoms with Gasteiger partial charge in [-0.25, -0.2) is 0 Å². The van der Waals surface area contributed by atoms with E-state index in [1.54, 1.807) is 0 Å². The first-order chi connectivity index (χ1) is 9.81. The maximum Gasteiger partial charge on any atom is 0.0628 e. The van der Waals surface area contributed by atoms with Crippen LogP contribution in [0.15, 0.2) is 36.4 Å². The summed E-state index contributed by atoms with van der Waals surface area (Å²) in [5.41, 5.74) is 2.54.